The molecule has 7 heteroatoms. The molecule has 0 saturated carbocycles. The third-order valence-electron chi connectivity index (χ3n) is 3.56. The molecule has 0 heterocycles. The highest BCUT2D eigenvalue weighted by atomic mass is 19.4. The zero-order valence-electron chi connectivity index (χ0n) is 13.4. The van der Waals surface area contributed by atoms with E-state index in [1.54, 1.807) is 18.2 Å². The average Bonchev–Trinajstić information content (AvgIpc) is 2.55. The van der Waals surface area contributed by atoms with Gasteiger partial charge in [-0.2, -0.15) is 13.2 Å². The van der Waals surface area contributed by atoms with Crippen molar-refractivity contribution in [3.63, 3.8) is 0 Å². The Hall–Kier alpha value is -2.41. The fourth-order valence-corrected chi connectivity index (χ4v) is 2.30. The first-order valence-electron chi connectivity index (χ1n) is 7.78. The molecule has 134 valence electrons. The van der Waals surface area contributed by atoms with Gasteiger partial charge in [0.25, 0.3) is 0 Å². The lowest BCUT2D eigenvalue weighted by atomic mass is 10.1. The Bertz CT molecular complexity index is 716. The molecule has 25 heavy (non-hydrogen) atoms. The van der Waals surface area contributed by atoms with Crippen LogP contribution in [0.15, 0.2) is 48.5 Å². The maximum absolute atomic E-state index is 13.4. The first-order chi connectivity index (χ1) is 11.9. The van der Waals surface area contributed by atoms with E-state index in [9.17, 15) is 22.4 Å². The number of hydrogen-bond donors (Lipinski definition) is 2. The summed E-state index contributed by atoms with van der Waals surface area (Å²) in [6.07, 6.45) is -4.05. The Morgan fingerprint density at radius 3 is 2.36 bits per heavy atom. The molecular weight excluding hydrogens is 336 g/mol. The van der Waals surface area contributed by atoms with Gasteiger partial charge in [0, 0.05) is 13.0 Å². The van der Waals surface area contributed by atoms with Crippen LogP contribution in [0.1, 0.15) is 17.5 Å². The molecule has 2 N–H and O–H groups in total. The van der Waals surface area contributed by atoms with Gasteiger partial charge in [0.1, 0.15) is 5.82 Å². The molecule has 2 aromatic rings. The summed E-state index contributed by atoms with van der Waals surface area (Å²) in [6, 6.07) is 11.2. The second kappa shape index (κ2) is 8.62. The summed E-state index contributed by atoms with van der Waals surface area (Å²) in [5, 5.41) is 5.25. The second-order valence-corrected chi connectivity index (χ2v) is 5.43. The van der Waals surface area contributed by atoms with E-state index in [1.807, 2.05) is 0 Å². The van der Waals surface area contributed by atoms with Crippen LogP contribution in [-0.2, 0) is 17.4 Å². The number of carbonyl (C=O) groups is 1. The highest BCUT2D eigenvalue weighted by Crippen LogP contribution is 2.34. The molecule has 0 saturated heterocycles. The Morgan fingerprint density at radius 2 is 1.64 bits per heavy atom. The molecule has 3 nitrogen and oxygen atoms in total. The van der Waals surface area contributed by atoms with Gasteiger partial charge in [-0.1, -0.05) is 30.3 Å². The van der Waals surface area contributed by atoms with E-state index < -0.39 is 17.6 Å². The van der Waals surface area contributed by atoms with Gasteiger partial charge >= 0.3 is 6.18 Å². The van der Waals surface area contributed by atoms with E-state index in [4.69, 9.17) is 0 Å². The number of carbonyl (C=O) groups excluding carboxylic acids is 1. The highest BCUT2D eigenvalue weighted by molar-refractivity contribution is 5.91. The van der Waals surface area contributed by atoms with Crippen molar-refractivity contribution in [2.24, 2.45) is 0 Å². The van der Waals surface area contributed by atoms with Crippen molar-refractivity contribution in [3.05, 3.63) is 65.5 Å². The van der Waals surface area contributed by atoms with Gasteiger partial charge in [-0.3, -0.25) is 4.79 Å². The molecule has 0 aliphatic heterocycles. The maximum Gasteiger partial charge on any atom is 0.418 e. The SMILES string of the molecule is O=C(CCNCCc1ccccc1F)Nc1ccccc1C(F)(F)F. The molecule has 1 amide bonds. The molecule has 0 aliphatic carbocycles. The van der Waals surface area contributed by atoms with Gasteiger partial charge in [-0.05, 0) is 36.7 Å². The summed E-state index contributed by atoms with van der Waals surface area (Å²) >= 11 is 0. The predicted molar refractivity (Wildman–Crippen MR) is 87.7 cm³/mol. The van der Waals surface area contributed by atoms with Gasteiger partial charge in [0.05, 0.1) is 11.3 Å². The van der Waals surface area contributed by atoms with Gasteiger partial charge in [0.2, 0.25) is 5.91 Å². The third kappa shape index (κ3) is 5.86. The van der Waals surface area contributed by atoms with Crippen LogP contribution in [0.4, 0.5) is 23.2 Å². The molecule has 0 aliphatic rings. The number of para-hydroxylation sites is 1. The van der Waals surface area contributed by atoms with Gasteiger partial charge in [-0.15, -0.1) is 0 Å². The van der Waals surface area contributed by atoms with Crippen LogP contribution in [0, 0.1) is 5.82 Å². The van der Waals surface area contributed by atoms with Crippen molar-refractivity contribution in [1.29, 1.82) is 0 Å². The van der Waals surface area contributed by atoms with Crippen molar-refractivity contribution in [1.82, 2.24) is 5.32 Å². The normalized spacial score (nSPS) is 11.4. The standard InChI is InChI=1S/C18H18F4N2O/c19-15-7-3-1-5-13(15)9-11-23-12-10-17(25)24-16-8-4-2-6-14(16)18(20,21)22/h1-8,23H,9-12H2,(H,24,25). The lowest BCUT2D eigenvalue weighted by Gasteiger charge is -2.13. The number of hydrogen-bond acceptors (Lipinski definition) is 2. The molecule has 2 aromatic carbocycles. The van der Waals surface area contributed by atoms with Crippen LogP contribution in [-0.4, -0.2) is 19.0 Å². The van der Waals surface area contributed by atoms with Crippen LogP contribution < -0.4 is 10.6 Å². The predicted octanol–water partition coefficient (Wildman–Crippen LogP) is 4.01. The number of benzene rings is 2. The van der Waals surface area contributed by atoms with Crippen molar-refractivity contribution in [2.45, 2.75) is 19.0 Å². The topological polar surface area (TPSA) is 41.1 Å². The van der Waals surface area contributed by atoms with Crippen LogP contribution in [0.2, 0.25) is 0 Å². The van der Waals surface area contributed by atoms with E-state index in [0.717, 1.165) is 6.07 Å². The lowest BCUT2D eigenvalue weighted by Crippen LogP contribution is -2.24. The number of rotatable bonds is 7. The summed E-state index contributed by atoms with van der Waals surface area (Å²) in [4.78, 5) is 11.8. The molecule has 0 bridgehead atoms. The molecule has 0 spiro atoms. The molecular formula is C18H18F4N2O. The van der Waals surface area contributed by atoms with Gasteiger partial charge in [0.15, 0.2) is 0 Å². The summed E-state index contributed by atoms with van der Waals surface area (Å²) in [7, 11) is 0. The minimum absolute atomic E-state index is 0.0173. The van der Waals surface area contributed by atoms with Crippen molar-refractivity contribution in [3.8, 4) is 0 Å². The number of halogens is 4. The quantitative estimate of drug-likeness (QED) is 0.583. The van der Waals surface area contributed by atoms with Gasteiger partial charge in [-0.25, -0.2) is 4.39 Å². The summed E-state index contributed by atoms with van der Waals surface area (Å²) < 4.78 is 52.0. The van der Waals surface area contributed by atoms with Crippen LogP contribution in [0.3, 0.4) is 0 Å². The first kappa shape index (κ1) is 18.9. The largest absolute Gasteiger partial charge is 0.418 e. The minimum atomic E-state index is -4.53. The van der Waals surface area contributed by atoms with E-state index >= 15 is 0 Å². The molecule has 0 radical (unpaired) electrons. The minimum Gasteiger partial charge on any atom is -0.325 e. The number of alkyl halides is 3. The van der Waals surface area contributed by atoms with Crippen molar-refractivity contribution in [2.75, 3.05) is 18.4 Å². The third-order valence-corrected chi connectivity index (χ3v) is 3.56. The zero-order valence-corrected chi connectivity index (χ0v) is 13.4. The van der Waals surface area contributed by atoms with Crippen molar-refractivity contribution >= 4 is 11.6 Å². The van der Waals surface area contributed by atoms with E-state index in [0.29, 0.717) is 18.5 Å². The smallest absolute Gasteiger partial charge is 0.325 e. The fourth-order valence-electron chi connectivity index (χ4n) is 2.30. The molecule has 2 rings (SSSR count). The van der Waals surface area contributed by atoms with Crippen LogP contribution in [0.5, 0.6) is 0 Å². The Balaban J connectivity index is 1.76. The Morgan fingerprint density at radius 1 is 0.960 bits per heavy atom. The summed E-state index contributed by atoms with van der Waals surface area (Å²) in [5.41, 5.74) is -0.569. The van der Waals surface area contributed by atoms with Crippen LogP contribution >= 0.6 is 0 Å². The zero-order chi connectivity index (χ0) is 18.3. The number of anilines is 1. The highest BCUT2D eigenvalue weighted by Gasteiger charge is 2.33. The van der Waals surface area contributed by atoms with Crippen molar-refractivity contribution < 1.29 is 22.4 Å². The van der Waals surface area contributed by atoms with E-state index in [-0.39, 0.29) is 24.5 Å². The summed E-state index contributed by atoms with van der Waals surface area (Å²) in [6.45, 7) is 0.752. The molecule has 0 atom stereocenters. The van der Waals surface area contributed by atoms with Gasteiger partial charge < -0.3 is 10.6 Å². The number of amides is 1. The second-order valence-electron chi connectivity index (χ2n) is 5.43. The maximum atomic E-state index is 13.4. The first-order valence-corrected chi connectivity index (χ1v) is 7.78. The average molecular weight is 354 g/mol. The number of nitrogens with one attached hydrogen (secondary N) is 2. The summed E-state index contributed by atoms with van der Waals surface area (Å²) in [5.74, 6) is -0.805. The van der Waals surface area contributed by atoms with E-state index in [1.165, 1.54) is 24.3 Å². The molecule has 0 aromatic heterocycles. The lowest BCUT2D eigenvalue weighted by molar-refractivity contribution is -0.137. The fraction of sp³-hybridized carbons (Fsp3) is 0.278. The Kier molecular flexibility index (Phi) is 6.52. The Labute approximate surface area is 143 Å². The molecule has 0 unspecified atom stereocenters. The van der Waals surface area contributed by atoms with E-state index in [2.05, 4.69) is 10.6 Å². The van der Waals surface area contributed by atoms with Crippen LogP contribution in [0.25, 0.3) is 0 Å². The molecule has 0 fully saturated rings. The monoisotopic (exact) mass is 354 g/mol.